The minimum atomic E-state index is -0.866. The van der Waals surface area contributed by atoms with Gasteiger partial charge in [-0.1, -0.05) is 38.2 Å². The third-order valence-corrected chi connectivity index (χ3v) is 2.45. The fourth-order valence-corrected chi connectivity index (χ4v) is 1.56. The Morgan fingerprint density at radius 1 is 0.875 bits per heavy atom. The molecule has 0 aromatic rings. The third-order valence-electron chi connectivity index (χ3n) is 2.45. The van der Waals surface area contributed by atoms with Crippen molar-refractivity contribution in [1.29, 1.82) is 0 Å². The molecule has 0 amide bonds. The van der Waals surface area contributed by atoms with Gasteiger partial charge >= 0.3 is 5.97 Å². The highest BCUT2D eigenvalue weighted by atomic mass is 16.4. The van der Waals surface area contributed by atoms with Crippen molar-refractivity contribution in [2.24, 2.45) is 0 Å². The van der Waals surface area contributed by atoms with Gasteiger partial charge in [-0.25, -0.2) is 4.79 Å². The highest BCUT2D eigenvalue weighted by Gasteiger charge is 1.91. The SMILES string of the molecule is O=CCCCCCCCCCC=CC(=O)O. The molecule has 0 radical (unpaired) electrons. The summed E-state index contributed by atoms with van der Waals surface area (Å²) in [6, 6.07) is 0. The summed E-state index contributed by atoms with van der Waals surface area (Å²) in [5, 5.41) is 8.35. The van der Waals surface area contributed by atoms with Crippen LogP contribution in [0.2, 0.25) is 0 Å². The van der Waals surface area contributed by atoms with Crippen molar-refractivity contribution >= 4 is 12.3 Å². The zero-order valence-electron chi connectivity index (χ0n) is 9.86. The summed E-state index contributed by atoms with van der Waals surface area (Å²) in [5.41, 5.74) is 0. The standard InChI is InChI=1S/C13H22O3/c14-12-10-8-6-4-2-1-3-5-7-9-11-13(15)16/h9,11-12H,1-8,10H2,(H,15,16). The van der Waals surface area contributed by atoms with Crippen molar-refractivity contribution in [3.8, 4) is 0 Å². The number of carboxylic acid groups (broad SMARTS) is 1. The second-order valence-electron chi connectivity index (χ2n) is 3.96. The summed E-state index contributed by atoms with van der Waals surface area (Å²) in [4.78, 5) is 20.2. The average Bonchev–Trinajstić information content (AvgIpc) is 2.25. The van der Waals surface area contributed by atoms with Gasteiger partial charge in [0.1, 0.15) is 6.29 Å². The highest BCUT2D eigenvalue weighted by molar-refractivity contribution is 5.79. The molecule has 0 aliphatic carbocycles. The first-order valence-corrected chi connectivity index (χ1v) is 6.10. The summed E-state index contributed by atoms with van der Waals surface area (Å²) in [5.74, 6) is -0.866. The van der Waals surface area contributed by atoms with Gasteiger partial charge in [0, 0.05) is 12.5 Å². The van der Waals surface area contributed by atoms with Gasteiger partial charge in [-0.15, -0.1) is 0 Å². The van der Waals surface area contributed by atoms with E-state index in [4.69, 9.17) is 5.11 Å². The lowest BCUT2D eigenvalue weighted by Crippen LogP contribution is -1.85. The van der Waals surface area contributed by atoms with Gasteiger partial charge in [0.15, 0.2) is 0 Å². The molecule has 0 atom stereocenters. The van der Waals surface area contributed by atoms with Crippen molar-refractivity contribution in [2.45, 2.75) is 57.8 Å². The summed E-state index contributed by atoms with van der Waals surface area (Å²) in [6.07, 6.45) is 13.5. The Morgan fingerprint density at radius 2 is 1.38 bits per heavy atom. The minimum Gasteiger partial charge on any atom is -0.478 e. The molecule has 0 aliphatic heterocycles. The molecule has 0 aliphatic rings. The third kappa shape index (κ3) is 12.9. The van der Waals surface area contributed by atoms with Crippen LogP contribution >= 0.6 is 0 Å². The Hall–Kier alpha value is -1.12. The highest BCUT2D eigenvalue weighted by Crippen LogP contribution is 2.09. The predicted molar refractivity (Wildman–Crippen MR) is 64.4 cm³/mol. The van der Waals surface area contributed by atoms with Gasteiger partial charge in [0.05, 0.1) is 0 Å². The number of aldehydes is 1. The van der Waals surface area contributed by atoms with Crippen LogP contribution in [-0.2, 0) is 9.59 Å². The van der Waals surface area contributed by atoms with E-state index in [2.05, 4.69) is 0 Å². The van der Waals surface area contributed by atoms with E-state index in [1.807, 2.05) is 0 Å². The van der Waals surface area contributed by atoms with E-state index < -0.39 is 5.97 Å². The Labute approximate surface area is 97.5 Å². The molecular weight excluding hydrogens is 204 g/mol. The molecule has 16 heavy (non-hydrogen) atoms. The maximum atomic E-state index is 10.1. The van der Waals surface area contributed by atoms with E-state index in [-0.39, 0.29) is 0 Å². The number of allylic oxidation sites excluding steroid dienone is 1. The molecule has 0 unspecified atom stereocenters. The lowest BCUT2D eigenvalue weighted by atomic mass is 10.1. The van der Waals surface area contributed by atoms with Crippen molar-refractivity contribution in [3.05, 3.63) is 12.2 Å². The molecule has 0 aromatic heterocycles. The maximum absolute atomic E-state index is 10.1. The van der Waals surface area contributed by atoms with Gasteiger partial charge in [-0.3, -0.25) is 0 Å². The predicted octanol–water partition coefficient (Wildman–Crippen LogP) is 3.34. The van der Waals surface area contributed by atoms with Gasteiger partial charge < -0.3 is 9.90 Å². The second kappa shape index (κ2) is 12.0. The topological polar surface area (TPSA) is 54.4 Å². The number of hydrogen-bond acceptors (Lipinski definition) is 2. The Morgan fingerprint density at radius 3 is 1.88 bits per heavy atom. The lowest BCUT2D eigenvalue weighted by Gasteiger charge is -1.99. The molecule has 0 bridgehead atoms. The molecule has 1 N–H and O–H groups in total. The molecule has 3 nitrogen and oxygen atoms in total. The van der Waals surface area contributed by atoms with Gasteiger partial charge in [-0.2, -0.15) is 0 Å². The van der Waals surface area contributed by atoms with E-state index in [9.17, 15) is 9.59 Å². The van der Waals surface area contributed by atoms with Crippen molar-refractivity contribution in [2.75, 3.05) is 0 Å². The molecule has 0 rings (SSSR count). The monoisotopic (exact) mass is 226 g/mol. The number of carbonyl (C=O) groups excluding carboxylic acids is 1. The van der Waals surface area contributed by atoms with Crippen LogP contribution in [-0.4, -0.2) is 17.4 Å². The zero-order chi connectivity index (χ0) is 12.1. The van der Waals surface area contributed by atoms with E-state index in [1.54, 1.807) is 6.08 Å². The van der Waals surface area contributed by atoms with Crippen molar-refractivity contribution in [1.82, 2.24) is 0 Å². The van der Waals surface area contributed by atoms with Crippen LogP contribution < -0.4 is 0 Å². The first kappa shape index (κ1) is 14.9. The van der Waals surface area contributed by atoms with Crippen LogP contribution in [0.3, 0.4) is 0 Å². The second-order valence-corrected chi connectivity index (χ2v) is 3.96. The van der Waals surface area contributed by atoms with Crippen LogP contribution in [0.5, 0.6) is 0 Å². The molecule has 0 fully saturated rings. The number of unbranched alkanes of at least 4 members (excludes halogenated alkanes) is 8. The first-order valence-electron chi connectivity index (χ1n) is 6.10. The number of carboxylic acids is 1. The quantitative estimate of drug-likeness (QED) is 0.334. The van der Waals surface area contributed by atoms with Crippen molar-refractivity contribution in [3.63, 3.8) is 0 Å². The number of aliphatic carboxylic acids is 1. The summed E-state index contributed by atoms with van der Waals surface area (Å²) < 4.78 is 0. The summed E-state index contributed by atoms with van der Waals surface area (Å²) in [6.45, 7) is 0. The number of carbonyl (C=O) groups is 2. The minimum absolute atomic E-state index is 0.694. The zero-order valence-corrected chi connectivity index (χ0v) is 9.86. The van der Waals surface area contributed by atoms with E-state index >= 15 is 0 Å². The lowest BCUT2D eigenvalue weighted by molar-refractivity contribution is -0.131. The summed E-state index contributed by atoms with van der Waals surface area (Å²) >= 11 is 0. The van der Waals surface area contributed by atoms with Crippen LogP contribution in [0, 0.1) is 0 Å². The van der Waals surface area contributed by atoms with Gasteiger partial charge in [-0.05, 0) is 19.3 Å². The number of hydrogen-bond donors (Lipinski definition) is 1. The molecule has 0 heterocycles. The fourth-order valence-electron chi connectivity index (χ4n) is 1.56. The first-order chi connectivity index (χ1) is 7.77. The molecule has 0 saturated carbocycles. The van der Waals surface area contributed by atoms with Crippen LogP contribution in [0.1, 0.15) is 57.8 Å². The van der Waals surface area contributed by atoms with Crippen molar-refractivity contribution < 1.29 is 14.7 Å². The average molecular weight is 226 g/mol. The molecule has 92 valence electrons. The summed E-state index contributed by atoms with van der Waals surface area (Å²) in [7, 11) is 0. The smallest absolute Gasteiger partial charge is 0.327 e. The Bertz CT molecular complexity index is 209. The van der Waals surface area contributed by atoms with E-state index in [1.165, 1.54) is 25.3 Å². The van der Waals surface area contributed by atoms with Crippen LogP contribution in [0.25, 0.3) is 0 Å². The van der Waals surface area contributed by atoms with Crippen LogP contribution in [0.15, 0.2) is 12.2 Å². The normalized spacial score (nSPS) is 10.8. The number of rotatable bonds is 11. The van der Waals surface area contributed by atoms with E-state index in [0.29, 0.717) is 6.42 Å². The Kier molecular flexibility index (Phi) is 11.1. The van der Waals surface area contributed by atoms with Gasteiger partial charge in [0.25, 0.3) is 0 Å². The largest absolute Gasteiger partial charge is 0.478 e. The van der Waals surface area contributed by atoms with Gasteiger partial charge in [0.2, 0.25) is 0 Å². The molecule has 3 heteroatoms. The van der Waals surface area contributed by atoms with Crippen LogP contribution in [0.4, 0.5) is 0 Å². The molecular formula is C13H22O3. The van der Waals surface area contributed by atoms with E-state index in [0.717, 1.165) is 38.4 Å². The molecule has 0 saturated heterocycles. The maximum Gasteiger partial charge on any atom is 0.327 e. The molecule has 0 spiro atoms. The molecule has 0 aromatic carbocycles. The fraction of sp³-hybridized carbons (Fsp3) is 0.692. The Balaban J connectivity index is 3.04.